The lowest BCUT2D eigenvalue weighted by Gasteiger charge is -2.31. The van der Waals surface area contributed by atoms with Crippen molar-refractivity contribution in [2.45, 2.75) is 50.7 Å². The molecule has 5 rings (SSSR count). The molecule has 0 N–H and O–H groups in total. The minimum Gasteiger partial charge on any atom is -0.341 e. The van der Waals surface area contributed by atoms with Crippen LogP contribution in [0.3, 0.4) is 0 Å². The Bertz CT molecular complexity index is 1100. The van der Waals surface area contributed by atoms with Gasteiger partial charge in [0, 0.05) is 31.1 Å². The summed E-state index contributed by atoms with van der Waals surface area (Å²) in [5, 5.41) is 12.2. The van der Waals surface area contributed by atoms with Crippen LogP contribution in [0, 0.1) is 5.92 Å². The summed E-state index contributed by atoms with van der Waals surface area (Å²) in [6.45, 7) is 7.08. The molecule has 3 aromatic rings. The van der Waals surface area contributed by atoms with Gasteiger partial charge in [-0.3, -0.25) is 9.36 Å². The summed E-state index contributed by atoms with van der Waals surface area (Å²) in [6.07, 6.45) is 4.76. The van der Waals surface area contributed by atoms with E-state index in [1.54, 1.807) is 0 Å². The smallest absolute Gasteiger partial charge is 0.237 e. The van der Waals surface area contributed by atoms with Crippen molar-refractivity contribution < 1.29 is 4.79 Å². The van der Waals surface area contributed by atoms with E-state index in [1.807, 2.05) is 36.1 Å². The number of rotatable bonds is 7. The van der Waals surface area contributed by atoms with Crippen molar-refractivity contribution in [2.75, 3.05) is 35.2 Å². The summed E-state index contributed by atoms with van der Waals surface area (Å²) in [4.78, 5) is 17.5. The third kappa shape index (κ3) is 4.22. The number of carbonyl (C=O) groups is 1. The number of aromatic nitrogens is 3. The molecular formula is C25H31N5OS. The molecule has 7 heteroatoms. The highest BCUT2D eigenvalue weighted by Crippen LogP contribution is 2.41. The van der Waals surface area contributed by atoms with Crippen LogP contribution in [0.2, 0.25) is 0 Å². The van der Waals surface area contributed by atoms with Gasteiger partial charge in [-0.15, -0.1) is 10.2 Å². The SMILES string of the molecule is CCN(C(=O)CSc1nnc(N2CCC(C)CC2)n1C1CC1)c1cccc2ccccc12. The Labute approximate surface area is 194 Å². The van der Waals surface area contributed by atoms with E-state index in [1.165, 1.54) is 37.4 Å². The number of carbonyl (C=O) groups excluding carboxylic acids is 1. The number of benzene rings is 2. The normalized spacial score (nSPS) is 17.1. The molecule has 6 nitrogen and oxygen atoms in total. The van der Waals surface area contributed by atoms with Gasteiger partial charge in [0.05, 0.1) is 11.4 Å². The van der Waals surface area contributed by atoms with Crippen LogP contribution in [0.25, 0.3) is 10.8 Å². The quantitative estimate of drug-likeness (QED) is 0.467. The molecule has 0 atom stereocenters. The van der Waals surface area contributed by atoms with Crippen molar-refractivity contribution in [1.29, 1.82) is 0 Å². The molecule has 0 spiro atoms. The lowest BCUT2D eigenvalue weighted by Crippen LogP contribution is -2.35. The minimum atomic E-state index is 0.104. The Hall–Kier alpha value is -2.54. The second-order valence-electron chi connectivity index (χ2n) is 8.98. The predicted octanol–water partition coefficient (Wildman–Crippen LogP) is 5.15. The van der Waals surface area contributed by atoms with Gasteiger partial charge in [0.2, 0.25) is 11.9 Å². The van der Waals surface area contributed by atoms with Crippen LogP contribution < -0.4 is 9.80 Å². The van der Waals surface area contributed by atoms with Crippen LogP contribution in [0.5, 0.6) is 0 Å². The summed E-state index contributed by atoms with van der Waals surface area (Å²) >= 11 is 1.52. The first kappa shape index (κ1) is 21.3. The Morgan fingerprint density at radius 3 is 2.56 bits per heavy atom. The molecule has 1 saturated carbocycles. The van der Waals surface area contributed by atoms with E-state index < -0.39 is 0 Å². The molecular weight excluding hydrogens is 418 g/mol. The van der Waals surface area contributed by atoms with Gasteiger partial charge in [0.15, 0.2) is 5.16 Å². The van der Waals surface area contributed by atoms with Crippen molar-refractivity contribution in [2.24, 2.45) is 5.92 Å². The van der Waals surface area contributed by atoms with E-state index in [0.717, 1.165) is 46.6 Å². The monoisotopic (exact) mass is 449 g/mol. The maximum atomic E-state index is 13.3. The summed E-state index contributed by atoms with van der Waals surface area (Å²) in [5.41, 5.74) is 0.975. The van der Waals surface area contributed by atoms with Gasteiger partial charge in [-0.25, -0.2) is 0 Å². The lowest BCUT2D eigenvalue weighted by molar-refractivity contribution is -0.116. The molecule has 0 radical (unpaired) electrons. The first-order valence-corrected chi connectivity index (χ1v) is 12.7. The van der Waals surface area contributed by atoms with Crippen molar-refractivity contribution in [3.63, 3.8) is 0 Å². The fraction of sp³-hybridized carbons (Fsp3) is 0.480. The number of fused-ring (bicyclic) bond motifs is 1. The Morgan fingerprint density at radius 1 is 1.06 bits per heavy atom. The molecule has 1 aliphatic carbocycles. The zero-order chi connectivity index (χ0) is 22.1. The fourth-order valence-corrected chi connectivity index (χ4v) is 5.45. The number of piperidine rings is 1. The van der Waals surface area contributed by atoms with Crippen LogP contribution in [0.15, 0.2) is 47.6 Å². The largest absolute Gasteiger partial charge is 0.341 e. The van der Waals surface area contributed by atoms with Gasteiger partial charge in [0.25, 0.3) is 0 Å². The van der Waals surface area contributed by atoms with Crippen molar-refractivity contribution in [3.05, 3.63) is 42.5 Å². The molecule has 1 saturated heterocycles. The molecule has 168 valence electrons. The molecule has 2 aromatic carbocycles. The van der Waals surface area contributed by atoms with Gasteiger partial charge < -0.3 is 9.80 Å². The van der Waals surface area contributed by atoms with Crippen LogP contribution in [-0.2, 0) is 4.79 Å². The maximum absolute atomic E-state index is 13.3. The number of amides is 1. The van der Waals surface area contributed by atoms with Crippen LogP contribution >= 0.6 is 11.8 Å². The van der Waals surface area contributed by atoms with Crippen LogP contribution in [0.4, 0.5) is 11.6 Å². The second-order valence-corrected chi connectivity index (χ2v) is 9.92. The number of hydrogen-bond donors (Lipinski definition) is 0. The molecule has 1 aliphatic heterocycles. The second kappa shape index (κ2) is 9.14. The molecule has 2 aliphatic rings. The molecule has 2 fully saturated rings. The first-order valence-electron chi connectivity index (χ1n) is 11.8. The number of anilines is 2. The molecule has 2 heterocycles. The topological polar surface area (TPSA) is 54.3 Å². The van der Waals surface area contributed by atoms with Crippen molar-refractivity contribution in [3.8, 4) is 0 Å². The van der Waals surface area contributed by atoms with Gasteiger partial charge in [0.1, 0.15) is 0 Å². The third-order valence-corrected chi connectivity index (χ3v) is 7.55. The van der Waals surface area contributed by atoms with Gasteiger partial charge >= 0.3 is 0 Å². The Morgan fingerprint density at radius 2 is 1.81 bits per heavy atom. The average Bonchev–Trinajstić information content (AvgIpc) is 3.58. The molecule has 1 amide bonds. The van der Waals surface area contributed by atoms with Crippen LogP contribution in [0.1, 0.15) is 45.6 Å². The highest BCUT2D eigenvalue weighted by molar-refractivity contribution is 7.99. The Kier molecular flexibility index (Phi) is 6.09. The molecule has 0 bridgehead atoms. The predicted molar refractivity (Wildman–Crippen MR) is 132 cm³/mol. The van der Waals surface area contributed by atoms with Gasteiger partial charge in [-0.05, 0) is 50.0 Å². The molecule has 1 aromatic heterocycles. The number of nitrogens with zero attached hydrogens (tertiary/aromatic N) is 5. The van der Waals surface area contributed by atoms with Crippen molar-refractivity contribution >= 4 is 40.1 Å². The van der Waals surface area contributed by atoms with Crippen molar-refractivity contribution in [1.82, 2.24) is 14.8 Å². The number of thioether (sulfide) groups is 1. The molecule has 32 heavy (non-hydrogen) atoms. The van der Waals surface area contributed by atoms with E-state index in [4.69, 9.17) is 0 Å². The maximum Gasteiger partial charge on any atom is 0.237 e. The van der Waals surface area contributed by atoms with E-state index >= 15 is 0 Å². The summed E-state index contributed by atoms with van der Waals surface area (Å²) < 4.78 is 2.29. The van der Waals surface area contributed by atoms with E-state index in [-0.39, 0.29) is 5.91 Å². The van der Waals surface area contributed by atoms with E-state index in [0.29, 0.717) is 18.3 Å². The summed E-state index contributed by atoms with van der Waals surface area (Å²) in [7, 11) is 0. The highest BCUT2D eigenvalue weighted by Gasteiger charge is 2.33. The highest BCUT2D eigenvalue weighted by atomic mass is 32.2. The summed E-state index contributed by atoms with van der Waals surface area (Å²) in [6, 6.07) is 14.9. The zero-order valence-corrected chi connectivity index (χ0v) is 19.7. The summed E-state index contributed by atoms with van der Waals surface area (Å²) in [5.74, 6) is 2.24. The standard InChI is InChI=1S/C25H31N5OS/c1-3-29(22-10-6-8-19-7-4-5-9-21(19)22)23(31)17-32-25-27-26-24(30(25)20-11-12-20)28-15-13-18(2)14-16-28/h4-10,18,20H,3,11-17H2,1-2H3. The third-order valence-electron chi connectivity index (χ3n) is 6.62. The van der Waals surface area contributed by atoms with Gasteiger partial charge in [-0.1, -0.05) is 55.1 Å². The van der Waals surface area contributed by atoms with E-state index in [2.05, 4.69) is 44.8 Å². The fourth-order valence-electron chi connectivity index (χ4n) is 4.57. The van der Waals surface area contributed by atoms with Gasteiger partial charge in [-0.2, -0.15) is 0 Å². The first-order chi connectivity index (χ1) is 15.7. The Balaban J connectivity index is 1.33. The molecule has 0 unspecified atom stereocenters. The zero-order valence-electron chi connectivity index (χ0n) is 18.9. The van der Waals surface area contributed by atoms with Crippen LogP contribution in [-0.4, -0.2) is 46.1 Å². The van der Waals surface area contributed by atoms with E-state index in [9.17, 15) is 4.79 Å². The minimum absolute atomic E-state index is 0.104. The number of hydrogen-bond acceptors (Lipinski definition) is 5. The lowest BCUT2D eigenvalue weighted by atomic mass is 10.00. The average molecular weight is 450 g/mol.